The summed E-state index contributed by atoms with van der Waals surface area (Å²) in [6.45, 7) is 0. The molecule has 3 aliphatic carbocycles. The van der Waals surface area contributed by atoms with Gasteiger partial charge in [0.25, 0.3) is 0 Å². The summed E-state index contributed by atoms with van der Waals surface area (Å²) in [7, 11) is 0. The van der Waals surface area contributed by atoms with Crippen LogP contribution in [0.3, 0.4) is 0 Å². The highest BCUT2D eigenvalue weighted by atomic mass is 16.5. The highest BCUT2D eigenvalue weighted by molar-refractivity contribution is 6.10. The Bertz CT molecular complexity index is 3450. The van der Waals surface area contributed by atoms with Gasteiger partial charge >= 0.3 is 0 Å². The molecule has 0 bridgehead atoms. The van der Waals surface area contributed by atoms with Crippen LogP contribution in [0.4, 0.5) is 0 Å². The van der Waals surface area contributed by atoms with Crippen LogP contribution in [0.1, 0.15) is 44.5 Å². The molecule has 1 aliphatic heterocycles. The van der Waals surface area contributed by atoms with Gasteiger partial charge in [-0.15, -0.1) is 0 Å². The van der Waals surface area contributed by atoms with E-state index in [1.54, 1.807) is 0 Å². The maximum absolute atomic E-state index is 7.17. The molecule has 59 heavy (non-hydrogen) atoms. The standard InChI is InChI=1S/C58H34O/c1-2-17-36-35(16-1)32-33-51-54(36)44-23-8-12-29-49(44)58(51)48-28-11-7-21-40(48)41-24-15-25-42(55(41)58)45-34-52-56(43-22-4-3-18-37(43)45)59-53-31-14-13-30-50(53)57(52)46-26-9-5-19-38(46)39-20-6-10-27-47(39)57/h1-34H. The molecule has 10 aromatic carbocycles. The van der Waals surface area contributed by atoms with E-state index in [-0.39, 0.29) is 0 Å². The van der Waals surface area contributed by atoms with E-state index in [1.807, 2.05) is 0 Å². The number of hydrogen-bond acceptors (Lipinski definition) is 1. The van der Waals surface area contributed by atoms with Crippen molar-refractivity contribution in [1.82, 2.24) is 0 Å². The Morgan fingerprint density at radius 1 is 0.288 bits per heavy atom. The molecule has 272 valence electrons. The molecule has 2 spiro atoms. The first-order valence-electron chi connectivity index (χ1n) is 20.7. The maximum atomic E-state index is 7.17. The Hall–Kier alpha value is -7.48. The van der Waals surface area contributed by atoms with Crippen LogP contribution < -0.4 is 4.74 Å². The van der Waals surface area contributed by atoms with Gasteiger partial charge in [-0.3, -0.25) is 0 Å². The Balaban J connectivity index is 1.15. The molecule has 0 saturated carbocycles. The van der Waals surface area contributed by atoms with Crippen molar-refractivity contribution in [3.05, 3.63) is 251 Å². The summed E-state index contributed by atoms with van der Waals surface area (Å²) in [5.74, 6) is 1.84. The van der Waals surface area contributed by atoms with Gasteiger partial charge in [0, 0.05) is 16.5 Å². The molecule has 0 saturated heterocycles. The molecule has 0 N–H and O–H groups in total. The minimum Gasteiger partial charge on any atom is -0.456 e. The average Bonchev–Trinajstić information content (AvgIpc) is 3.90. The molecule has 1 nitrogen and oxygen atoms in total. The van der Waals surface area contributed by atoms with E-state index in [4.69, 9.17) is 4.74 Å². The number of rotatable bonds is 1. The van der Waals surface area contributed by atoms with Crippen molar-refractivity contribution in [2.75, 3.05) is 0 Å². The zero-order valence-corrected chi connectivity index (χ0v) is 32.0. The zero-order valence-electron chi connectivity index (χ0n) is 32.0. The molecule has 1 heteroatoms. The second-order valence-corrected chi connectivity index (χ2v) is 16.6. The summed E-state index contributed by atoms with van der Waals surface area (Å²) in [5.41, 5.74) is 19.5. The predicted octanol–water partition coefficient (Wildman–Crippen LogP) is 14.5. The third-order valence-electron chi connectivity index (χ3n) is 14.1. The van der Waals surface area contributed by atoms with Gasteiger partial charge in [-0.1, -0.05) is 194 Å². The summed E-state index contributed by atoms with van der Waals surface area (Å²) in [6, 6.07) is 77.3. The lowest BCUT2D eigenvalue weighted by Gasteiger charge is -2.40. The lowest BCUT2D eigenvalue weighted by Crippen LogP contribution is -2.32. The van der Waals surface area contributed by atoms with Crippen LogP contribution in [0.2, 0.25) is 0 Å². The van der Waals surface area contributed by atoms with Gasteiger partial charge in [-0.05, 0) is 106 Å². The SMILES string of the molecule is c1ccc2c(c1)Oc1c(cc(-c3cccc4c3C3(c5ccccc5-4)c4ccccc4-c4c3ccc3ccccc43)c3ccccc13)C21c2ccccc2-c2ccccc21. The van der Waals surface area contributed by atoms with E-state index in [0.717, 1.165) is 16.9 Å². The van der Waals surface area contributed by atoms with E-state index in [0.29, 0.717) is 0 Å². The van der Waals surface area contributed by atoms with Crippen molar-refractivity contribution < 1.29 is 4.74 Å². The third kappa shape index (κ3) is 3.65. The highest BCUT2D eigenvalue weighted by Gasteiger charge is 2.55. The molecule has 0 fully saturated rings. The Labute approximate surface area is 342 Å². The number of benzene rings is 10. The maximum Gasteiger partial charge on any atom is 0.140 e. The molecule has 1 unspecified atom stereocenters. The summed E-state index contributed by atoms with van der Waals surface area (Å²) in [4.78, 5) is 0. The number of fused-ring (bicyclic) bond motifs is 23. The van der Waals surface area contributed by atoms with Gasteiger partial charge in [0.1, 0.15) is 11.5 Å². The zero-order chi connectivity index (χ0) is 38.5. The van der Waals surface area contributed by atoms with E-state index < -0.39 is 10.8 Å². The van der Waals surface area contributed by atoms with Gasteiger partial charge in [0.05, 0.1) is 10.8 Å². The minimum absolute atomic E-state index is 0.525. The summed E-state index contributed by atoms with van der Waals surface area (Å²) < 4.78 is 7.17. The van der Waals surface area contributed by atoms with Crippen molar-refractivity contribution in [1.29, 1.82) is 0 Å². The third-order valence-corrected chi connectivity index (χ3v) is 14.1. The van der Waals surface area contributed by atoms with E-state index in [2.05, 4.69) is 206 Å². The minimum atomic E-state index is -0.583. The molecule has 10 aromatic rings. The topological polar surface area (TPSA) is 9.23 Å². The predicted molar refractivity (Wildman–Crippen MR) is 241 cm³/mol. The van der Waals surface area contributed by atoms with Crippen LogP contribution in [0.25, 0.3) is 66.1 Å². The highest BCUT2D eigenvalue weighted by Crippen LogP contribution is 2.67. The van der Waals surface area contributed by atoms with Crippen molar-refractivity contribution in [3.63, 3.8) is 0 Å². The molecule has 14 rings (SSSR count). The van der Waals surface area contributed by atoms with Gasteiger partial charge in [-0.25, -0.2) is 0 Å². The summed E-state index contributed by atoms with van der Waals surface area (Å²) in [5, 5.41) is 4.87. The first-order valence-corrected chi connectivity index (χ1v) is 20.7. The van der Waals surface area contributed by atoms with Gasteiger partial charge in [0.2, 0.25) is 0 Å². The van der Waals surface area contributed by atoms with Gasteiger partial charge in [-0.2, -0.15) is 0 Å². The van der Waals surface area contributed by atoms with Crippen LogP contribution in [0.5, 0.6) is 11.5 Å². The van der Waals surface area contributed by atoms with Crippen LogP contribution in [-0.2, 0) is 10.8 Å². The smallest absolute Gasteiger partial charge is 0.140 e. The van der Waals surface area contributed by atoms with Crippen LogP contribution in [-0.4, -0.2) is 0 Å². The number of hydrogen-bond donors (Lipinski definition) is 0. The molecule has 0 amide bonds. The van der Waals surface area contributed by atoms with Gasteiger partial charge in [0.15, 0.2) is 0 Å². The number of para-hydroxylation sites is 1. The first kappa shape index (κ1) is 31.6. The fourth-order valence-electron chi connectivity index (χ4n) is 12.1. The normalized spacial score (nSPS) is 16.5. The fraction of sp³-hybridized carbons (Fsp3) is 0.0345. The number of ether oxygens (including phenoxy) is 1. The van der Waals surface area contributed by atoms with Crippen molar-refractivity contribution in [2.45, 2.75) is 10.8 Å². The average molecular weight is 747 g/mol. The van der Waals surface area contributed by atoms with Crippen molar-refractivity contribution in [2.24, 2.45) is 0 Å². The van der Waals surface area contributed by atoms with Crippen LogP contribution in [0, 0.1) is 0 Å². The van der Waals surface area contributed by atoms with E-state index >= 15 is 0 Å². The lowest BCUT2D eigenvalue weighted by molar-refractivity contribution is 0.442. The molecule has 1 atom stereocenters. The summed E-state index contributed by atoms with van der Waals surface area (Å²) >= 11 is 0. The fourth-order valence-corrected chi connectivity index (χ4v) is 12.1. The van der Waals surface area contributed by atoms with E-state index in [1.165, 1.54) is 105 Å². The largest absolute Gasteiger partial charge is 0.456 e. The molecule has 0 radical (unpaired) electrons. The molecule has 1 heterocycles. The second kappa shape index (κ2) is 11.1. The quantitative estimate of drug-likeness (QED) is 0.163. The Kier molecular flexibility index (Phi) is 5.96. The molecular weight excluding hydrogens is 713 g/mol. The molecule has 4 aliphatic rings. The van der Waals surface area contributed by atoms with Crippen molar-refractivity contribution >= 4 is 21.5 Å². The monoisotopic (exact) mass is 746 g/mol. The Morgan fingerprint density at radius 3 is 1.49 bits per heavy atom. The van der Waals surface area contributed by atoms with Gasteiger partial charge < -0.3 is 4.74 Å². The van der Waals surface area contributed by atoms with Crippen LogP contribution in [0.15, 0.2) is 206 Å². The molecule has 0 aromatic heterocycles. The second-order valence-electron chi connectivity index (χ2n) is 16.6. The Morgan fingerprint density at radius 2 is 0.780 bits per heavy atom. The van der Waals surface area contributed by atoms with Crippen LogP contribution >= 0.6 is 0 Å². The summed E-state index contributed by atoms with van der Waals surface area (Å²) in [6.07, 6.45) is 0. The van der Waals surface area contributed by atoms with E-state index in [9.17, 15) is 0 Å². The van der Waals surface area contributed by atoms with Crippen molar-refractivity contribution in [3.8, 4) is 56.0 Å². The molecular formula is C58H34O. The lowest BCUT2D eigenvalue weighted by atomic mass is 9.64. The first-order chi connectivity index (χ1) is 29.3.